The third-order valence-electron chi connectivity index (χ3n) is 5.18. The molecule has 0 N–H and O–H groups in total. The molecule has 1 aliphatic carbocycles. The standard InChI is InChI=1S/C17H23NO2/c1-2-7-18-8-3-4-13-9-14-12(10-15(13)18)5-6-16-17(14)20-11-19-16/h5-6,13,15H,2-4,7-11H2,1H3. The summed E-state index contributed by atoms with van der Waals surface area (Å²) >= 11 is 0. The summed E-state index contributed by atoms with van der Waals surface area (Å²) in [5.74, 6) is 2.79. The quantitative estimate of drug-likeness (QED) is 0.827. The molecule has 3 aliphatic rings. The molecule has 3 nitrogen and oxygen atoms in total. The molecule has 108 valence electrons. The summed E-state index contributed by atoms with van der Waals surface area (Å²) < 4.78 is 11.2. The van der Waals surface area contributed by atoms with E-state index in [4.69, 9.17) is 9.47 Å². The van der Waals surface area contributed by atoms with Crippen LogP contribution >= 0.6 is 0 Å². The molecule has 1 saturated heterocycles. The molecule has 0 bridgehead atoms. The largest absolute Gasteiger partial charge is 0.454 e. The number of hydrogen-bond donors (Lipinski definition) is 0. The molecule has 20 heavy (non-hydrogen) atoms. The monoisotopic (exact) mass is 273 g/mol. The van der Waals surface area contributed by atoms with E-state index in [1.54, 1.807) is 0 Å². The lowest BCUT2D eigenvalue weighted by Gasteiger charge is -2.44. The van der Waals surface area contributed by atoms with E-state index in [2.05, 4.69) is 24.0 Å². The predicted octanol–water partition coefficient (Wildman–Crippen LogP) is 3.00. The van der Waals surface area contributed by atoms with Crippen molar-refractivity contribution in [2.45, 2.75) is 45.1 Å². The highest BCUT2D eigenvalue weighted by molar-refractivity contribution is 5.53. The second-order valence-electron chi connectivity index (χ2n) is 6.35. The van der Waals surface area contributed by atoms with Crippen LogP contribution in [-0.2, 0) is 12.8 Å². The Bertz CT molecular complexity index is 512. The van der Waals surface area contributed by atoms with Crippen molar-refractivity contribution in [1.82, 2.24) is 4.90 Å². The number of ether oxygens (including phenoxy) is 2. The fourth-order valence-corrected chi connectivity index (χ4v) is 4.29. The Balaban J connectivity index is 1.66. The van der Waals surface area contributed by atoms with E-state index >= 15 is 0 Å². The Labute approximate surface area is 120 Å². The fourth-order valence-electron chi connectivity index (χ4n) is 4.29. The van der Waals surface area contributed by atoms with Gasteiger partial charge in [-0.25, -0.2) is 0 Å². The molecule has 4 rings (SSSR count). The first-order valence-corrected chi connectivity index (χ1v) is 8.01. The van der Waals surface area contributed by atoms with Crippen LogP contribution in [-0.4, -0.2) is 30.8 Å². The second-order valence-corrected chi connectivity index (χ2v) is 6.35. The van der Waals surface area contributed by atoms with Crippen molar-refractivity contribution in [3.63, 3.8) is 0 Å². The first kappa shape index (κ1) is 12.5. The average molecular weight is 273 g/mol. The van der Waals surface area contributed by atoms with Gasteiger partial charge < -0.3 is 9.47 Å². The number of hydrogen-bond acceptors (Lipinski definition) is 3. The molecule has 0 saturated carbocycles. The molecule has 0 radical (unpaired) electrons. The molecule has 2 unspecified atom stereocenters. The van der Waals surface area contributed by atoms with Crippen LogP contribution in [0.5, 0.6) is 11.5 Å². The van der Waals surface area contributed by atoms with Gasteiger partial charge >= 0.3 is 0 Å². The predicted molar refractivity (Wildman–Crippen MR) is 78.3 cm³/mol. The van der Waals surface area contributed by atoms with Crippen LogP contribution in [0, 0.1) is 5.92 Å². The minimum Gasteiger partial charge on any atom is -0.454 e. The van der Waals surface area contributed by atoms with Crippen molar-refractivity contribution in [3.8, 4) is 11.5 Å². The highest BCUT2D eigenvalue weighted by Gasteiger charge is 2.37. The number of piperidine rings is 1. The molecule has 2 heterocycles. The smallest absolute Gasteiger partial charge is 0.231 e. The number of nitrogens with zero attached hydrogens (tertiary/aromatic N) is 1. The number of benzene rings is 1. The minimum atomic E-state index is 0.391. The topological polar surface area (TPSA) is 21.7 Å². The van der Waals surface area contributed by atoms with Crippen LogP contribution in [0.2, 0.25) is 0 Å². The van der Waals surface area contributed by atoms with Crippen LogP contribution < -0.4 is 9.47 Å². The highest BCUT2D eigenvalue weighted by Crippen LogP contribution is 2.44. The van der Waals surface area contributed by atoms with E-state index in [9.17, 15) is 0 Å². The zero-order valence-electron chi connectivity index (χ0n) is 12.2. The fraction of sp³-hybridized carbons (Fsp3) is 0.647. The highest BCUT2D eigenvalue weighted by atomic mass is 16.7. The summed E-state index contributed by atoms with van der Waals surface area (Å²) in [6.07, 6.45) is 6.35. The van der Waals surface area contributed by atoms with Crippen molar-refractivity contribution in [1.29, 1.82) is 0 Å². The van der Waals surface area contributed by atoms with Gasteiger partial charge in [-0.3, -0.25) is 4.90 Å². The van der Waals surface area contributed by atoms with E-state index in [0.717, 1.165) is 23.5 Å². The first-order valence-electron chi connectivity index (χ1n) is 8.01. The molecule has 2 atom stereocenters. The number of likely N-dealkylation sites (tertiary alicyclic amines) is 1. The van der Waals surface area contributed by atoms with Gasteiger partial charge in [0.25, 0.3) is 0 Å². The Hall–Kier alpha value is -1.22. The molecule has 1 aromatic carbocycles. The second kappa shape index (κ2) is 4.96. The lowest BCUT2D eigenvalue weighted by Crippen LogP contribution is -2.49. The summed E-state index contributed by atoms with van der Waals surface area (Å²) in [5.41, 5.74) is 2.91. The lowest BCUT2D eigenvalue weighted by atomic mass is 9.75. The lowest BCUT2D eigenvalue weighted by molar-refractivity contribution is 0.0847. The summed E-state index contributed by atoms with van der Waals surface area (Å²) in [7, 11) is 0. The van der Waals surface area contributed by atoms with E-state index in [0.29, 0.717) is 6.79 Å². The zero-order valence-corrected chi connectivity index (χ0v) is 12.2. The van der Waals surface area contributed by atoms with Gasteiger partial charge in [-0.15, -0.1) is 0 Å². The van der Waals surface area contributed by atoms with E-state index < -0.39 is 0 Å². The van der Waals surface area contributed by atoms with E-state index in [-0.39, 0.29) is 0 Å². The molecule has 2 aliphatic heterocycles. The van der Waals surface area contributed by atoms with Crippen LogP contribution in [0.25, 0.3) is 0 Å². The Morgan fingerprint density at radius 1 is 1.25 bits per heavy atom. The van der Waals surface area contributed by atoms with Crippen molar-refractivity contribution >= 4 is 0 Å². The molecular weight excluding hydrogens is 250 g/mol. The molecule has 0 amide bonds. The molecule has 0 spiro atoms. The Morgan fingerprint density at radius 2 is 2.20 bits per heavy atom. The first-order chi connectivity index (χ1) is 9.86. The van der Waals surface area contributed by atoms with Crippen molar-refractivity contribution < 1.29 is 9.47 Å². The van der Waals surface area contributed by atoms with Crippen LogP contribution in [0.15, 0.2) is 12.1 Å². The zero-order chi connectivity index (χ0) is 13.5. The van der Waals surface area contributed by atoms with Gasteiger partial charge in [0.15, 0.2) is 11.5 Å². The molecule has 3 heteroatoms. The SMILES string of the molecule is CCCN1CCCC2Cc3c(ccc4c3OCO4)CC21. The van der Waals surface area contributed by atoms with Crippen molar-refractivity contribution in [2.24, 2.45) is 5.92 Å². The number of fused-ring (bicyclic) bond motifs is 4. The summed E-state index contributed by atoms with van der Waals surface area (Å²) in [5, 5.41) is 0. The maximum Gasteiger partial charge on any atom is 0.231 e. The Kier molecular flexibility index (Phi) is 3.10. The van der Waals surface area contributed by atoms with Crippen molar-refractivity contribution in [3.05, 3.63) is 23.3 Å². The minimum absolute atomic E-state index is 0.391. The maximum atomic E-state index is 5.72. The van der Waals surface area contributed by atoms with Gasteiger partial charge in [-0.1, -0.05) is 13.0 Å². The van der Waals surface area contributed by atoms with E-state index in [1.165, 1.54) is 56.3 Å². The van der Waals surface area contributed by atoms with Gasteiger partial charge in [-0.2, -0.15) is 0 Å². The van der Waals surface area contributed by atoms with Gasteiger partial charge in [0.1, 0.15) is 0 Å². The van der Waals surface area contributed by atoms with Gasteiger partial charge in [0.2, 0.25) is 6.79 Å². The van der Waals surface area contributed by atoms with E-state index in [1.807, 2.05) is 0 Å². The van der Waals surface area contributed by atoms with Gasteiger partial charge in [-0.05, 0) is 62.7 Å². The number of rotatable bonds is 2. The summed E-state index contributed by atoms with van der Waals surface area (Å²) in [6.45, 7) is 5.22. The maximum absolute atomic E-state index is 5.72. The third-order valence-corrected chi connectivity index (χ3v) is 5.18. The van der Waals surface area contributed by atoms with Crippen LogP contribution in [0.1, 0.15) is 37.3 Å². The summed E-state index contributed by atoms with van der Waals surface area (Å²) in [6, 6.07) is 5.10. The van der Waals surface area contributed by atoms with Crippen LogP contribution in [0.4, 0.5) is 0 Å². The average Bonchev–Trinajstić information content (AvgIpc) is 2.95. The Morgan fingerprint density at radius 3 is 3.10 bits per heavy atom. The van der Waals surface area contributed by atoms with Gasteiger partial charge in [0.05, 0.1) is 0 Å². The van der Waals surface area contributed by atoms with Gasteiger partial charge in [0, 0.05) is 11.6 Å². The van der Waals surface area contributed by atoms with Crippen LogP contribution in [0.3, 0.4) is 0 Å². The normalized spacial score (nSPS) is 28.1. The van der Waals surface area contributed by atoms with Crippen molar-refractivity contribution in [2.75, 3.05) is 19.9 Å². The third kappa shape index (κ3) is 1.91. The molecular formula is C17H23NO2. The molecule has 0 aromatic heterocycles. The molecule has 1 fully saturated rings. The molecule has 1 aromatic rings. The summed E-state index contributed by atoms with van der Waals surface area (Å²) in [4.78, 5) is 2.72.